The number of anilines is 1. The van der Waals surface area contributed by atoms with E-state index in [-0.39, 0.29) is 33.8 Å². The molecule has 174 valence electrons. The predicted molar refractivity (Wildman–Crippen MR) is 122 cm³/mol. The number of halogens is 2. The Hall–Kier alpha value is -2.20. The van der Waals surface area contributed by atoms with E-state index in [9.17, 15) is 17.6 Å². The van der Waals surface area contributed by atoms with E-state index in [1.807, 2.05) is 11.8 Å². The highest BCUT2D eigenvalue weighted by Crippen LogP contribution is 2.28. The van der Waals surface area contributed by atoms with Crippen LogP contribution >= 0.6 is 11.6 Å². The molecule has 1 heterocycles. The van der Waals surface area contributed by atoms with Gasteiger partial charge in [-0.2, -0.15) is 4.31 Å². The molecule has 1 aliphatic rings. The molecule has 0 aromatic heterocycles. The molecule has 0 bridgehead atoms. The lowest BCUT2D eigenvalue weighted by molar-refractivity contribution is -0.117. The van der Waals surface area contributed by atoms with E-state index >= 15 is 0 Å². The number of nitrogens with zero attached hydrogens (tertiary/aromatic N) is 2. The van der Waals surface area contributed by atoms with Crippen molar-refractivity contribution in [1.29, 1.82) is 0 Å². The van der Waals surface area contributed by atoms with Gasteiger partial charge in [-0.3, -0.25) is 9.69 Å². The van der Waals surface area contributed by atoms with Gasteiger partial charge in [0.05, 0.1) is 29.3 Å². The molecule has 0 saturated carbocycles. The quantitative estimate of drug-likeness (QED) is 0.588. The van der Waals surface area contributed by atoms with Crippen LogP contribution in [-0.4, -0.2) is 56.8 Å². The van der Waals surface area contributed by atoms with Crippen molar-refractivity contribution in [3.8, 4) is 5.75 Å². The Morgan fingerprint density at radius 2 is 1.94 bits per heavy atom. The monoisotopic (exact) mass is 483 g/mol. The highest BCUT2D eigenvalue weighted by atomic mass is 35.5. The number of carbonyl (C=O) groups excluding carboxylic acids is 1. The van der Waals surface area contributed by atoms with Crippen molar-refractivity contribution in [3.63, 3.8) is 0 Å². The molecule has 0 spiro atoms. The molecule has 2 aromatic rings. The lowest BCUT2D eigenvalue weighted by Gasteiger charge is -2.21. The van der Waals surface area contributed by atoms with E-state index in [1.54, 1.807) is 12.1 Å². The summed E-state index contributed by atoms with van der Waals surface area (Å²) in [7, 11) is -2.22. The number of nitrogens with one attached hydrogen (secondary N) is 1. The molecule has 0 unspecified atom stereocenters. The van der Waals surface area contributed by atoms with E-state index in [0.717, 1.165) is 12.8 Å². The van der Waals surface area contributed by atoms with E-state index in [0.29, 0.717) is 31.7 Å². The fourth-order valence-electron chi connectivity index (χ4n) is 3.58. The maximum atomic E-state index is 14.0. The summed E-state index contributed by atoms with van der Waals surface area (Å²) in [6, 6.07) is 8.97. The van der Waals surface area contributed by atoms with Gasteiger partial charge in [0.15, 0.2) is 11.6 Å². The summed E-state index contributed by atoms with van der Waals surface area (Å²) in [4.78, 5) is 14.6. The molecule has 0 radical (unpaired) electrons. The average Bonchev–Trinajstić information content (AvgIpc) is 3.30. The van der Waals surface area contributed by atoms with E-state index < -0.39 is 15.8 Å². The van der Waals surface area contributed by atoms with Crippen LogP contribution in [0.25, 0.3) is 0 Å². The maximum Gasteiger partial charge on any atom is 0.243 e. The largest absolute Gasteiger partial charge is 0.494 e. The number of hydrogen-bond acceptors (Lipinski definition) is 5. The number of sulfonamides is 1. The van der Waals surface area contributed by atoms with Gasteiger partial charge in [-0.25, -0.2) is 12.8 Å². The molecule has 0 aliphatic carbocycles. The van der Waals surface area contributed by atoms with Crippen molar-refractivity contribution in [2.75, 3.05) is 38.6 Å². The second-order valence-electron chi connectivity index (χ2n) is 7.57. The van der Waals surface area contributed by atoms with Crippen LogP contribution in [0.1, 0.15) is 25.3 Å². The summed E-state index contributed by atoms with van der Waals surface area (Å²) >= 11 is 6.21. The highest BCUT2D eigenvalue weighted by Gasteiger charge is 2.28. The fourth-order valence-corrected chi connectivity index (χ4v) is 5.29. The van der Waals surface area contributed by atoms with Crippen LogP contribution in [0.15, 0.2) is 41.3 Å². The fraction of sp³-hybridized carbons (Fsp3) is 0.409. The normalized spacial score (nSPS) is 14.7. The van der Waals surface area contributed by atoms with Crippen molar-refractivity contribution in [3.05, 3.63) is 52.8 Å². The van der Waals surface area contributed by atoms with Crippen LogP contribution in [0.3, 0.4) is 0 Å². The van der Waals surface area contributed by atoms with Gasteiger partial charge in [-0.05, 0) is 55.3 Å². The Labute approximate surface area is 193 Å². The number of carbonyl (C=O) groups is 1. The first-order valence-electron chi connectivity index (χ1n) is 10.4. The molecule has 2 aromatic carbocycles. The second kappa shape index (κ2) is 10.6. The van der Waals surface area contributed by atoms with Gasteiger partial charge in [-0.15, -0.1) is 0 Å². The van der Waals surface area contributed by atoms with Gasteiger partial charge in [0, 0.05) is 19.6 Å². The molecule has 3 rings (SSSR count). The second-order valence-corrected chi connectivity index (χ2v) is 9.92. The van der Waals surface area contributed by atoms with Gasteiger partial charge in [0.2, 0.25) is 15.9 Å². The molecule has 1 N–H and O–H groups in total. The molecule has 10 heteroatoms. The van der Waals surface area contributed by atoms with E-state index in [4.69, 9.17) is 16.3 Å². The zero-order valence-electron chi connectivity index (χ0n) is 18.1. The van der Waals surface area contributed by atoms with Crippen molar-refractivity contribution < 1.29 is 22.3 Å². The number of hydrogen-bond donors (Lipinski definition) is 1. The smallest absolute Gasteiger partial charge is 0.243 e. The lowest BCUT2D eigenvalue weighted by Crippen LogP contribution is -2.33. The van der Waals surface area contributed by atoms with Crippen molar-refractivity contribution in [2.45, 2.75) is 31.2 Å². The summed E-state index contributed by atoms with van der Waals surface area (Å²) in [5.74, 6) is -0.653. The molecule has 7 nitrogen and oxygen atoms in total. The minimum Gasteiger partial charge on any atom is -0.494 e. The number of likely N-dealkylation sites (N-methyl/N-ethyl adjacent to an activating group) is 1. The Bertz CT molecular complexity index is 1070. The van der Waals surface area contributed by atoms with E-state index in [2.05, 4.69) is 5.32 Å². The molecule has 1 saturated heterocycles. The molecule has 0 atom stereocenters. The van der Waals surface area contributed by atoms with Gasteiger partial charge in [-0.1, -0.05) is 24.6 Å². The summed E-state index contributed by atoms with van der Waals surface area (Å²) in [6.45, 7) is 3.82. The first-order chi connectivity index (χ1) is 15.2. The minimum absolute atomic E-state index is 0.0313. The number of benzene rings is 2. The van der Waals surface area contributed by atoms with Crippen LogP contribution in [-0.2, 0) is 21.4 Å². The third-order valence-electron chi connectivity index (χ3n) is 5.35. The Morgan fingerprint density at radius 1 is 1.22 bits per heavy atom. The summed E-state index contributed by atoms with van der Waals surface area (Å²) in [6.07, 6.45) is 1.67. The zero-order valence-corrected chi connectivity index (χ0v) is 19.7. The van der Waals surface area contributed by atoms with Crippen LogP contribution in [0.5, 0.6) is 5.75 Å². The van der Waals surface area contributed by atoms with Gasteiger partial charge >= 0.3 is 0 Å². The SMILES string of the molecule is CCN(CC(=O)Nc1cc(S(=O)(=O)N2CCCC2)ccc1Cl)Cc1ccc(OC)c(F)c1. The number of methoxy groups -OCH3 is 1. The van der Waals surface area contributed by atoms with Crippen LogP contribution in [0, 0.1) is 5.82 Å². The number of rotatable bonds is 9. The van der Waals surface area contributed by atoms with E-state index in [1.165, 1.54) is 35.7 Å². The third-order valence-corrected chi connectivity index (χ3v) is 7.58. The summed E-state index contributed by atoms with van der Waals surface area (Å²) in [5.41, 5.74) is 0.943. The maximum absolute atomic E-state index is 14.0. The average molecular weight is 484 g/mol. The van der Waals surface area contributed by atoms with Crippen molar-refractivity contribution in [1.82, 2.24) is 9.21 Å². The third kappa shape index (κ3) is 5.78. The van der Waals surface area contributed by atoms with Gasteiger partial charge < -0.3 is 10.1 Å². The van der Waals surface area contributed by atoms with Crippen molar-refractivity contribution in [2.24, 2.45) is 0 Å². The molecule has 32 heavy (non-hydrogen) atoms. The van der Waals surface area contributed by atoms with Crippen molar-refractivity contribution >= 4 is 33.2 Å². The Morgan fingerprint density at radius 3 is 2.56 bits per heavy atom. The molecular weight excluding hydrogens is 457 g/mol. The number of ether oxygens (including phenoxy) is 1. The predicted octanol–water partition coefficient (Wildman–Crippen LogP) is 3.73. The molecule has 1 amide bonds. The standard InChI is InChI=1S/C22H27ClFN3O4S/c1-3-26(14-16-6-9-21(31-2)19(24)12-16)15-22(28)25-20-13-17(7-8-18(20)23)32(29,30)27-10-4-5-11-27/h6-9,12-13H,3-5,10-11,14-15H2,1-2H3,(H,25,28). The minimum atomic E-state index is -3.62. The van der Waals surface area contributed by atoms with Gasteiger partial charge in [0.25, 0.3) is 0 Å². The van der Waals surface area contributed by atoms with Crippen LogP contribution in [0.4, 0.5) is 10.1 Å². The summed E-state index contributed by atoms with van der Waals surface area (Å²) < 4.78 is 45.9. The first kappa shape index (κ1) is 24.4. The van der Waals surface area contributed by atoms with Crippen LogP contribution < -0.4 is 10.1 Å². The topological polar surface area (TPSA) is 79.0 Å². The zero-order chi connectivity index (χ0) is 23.3. The Kier molecular flexibility index (Phi) is 8.10. The van der Waals surface area contributed by atoms with Gasteiger partial charge in [0.1, 0.15) is 0 Å². The summed E-state index contributed by atoms with van der Waals surface area (Å²) in [5, 5.41) is 2.95. The van der Waals surface area contributed by atoms with Crippen LogP contribution in [0.2, 0.25) is 5.02 Å². The lowest BCUT2D eigenvalue weighted by atomic mass is 10.2. The Balaban J connectivity index is 1.68. The molecular formula is C22H27ClFN3O4S. The highest BCUT2D eigenvalue weighted by molar-refractivity contribution is 7.89. The molecule has 1 aliphatic heterocycles. The molecule has 1 fully saturated rings. The first-order valence-corrected chi connectivity index (χ1v) is 12.2. The number of amides is 1.